The smallest absolute Gasteiger partial charge is 0.0798 e. The van der Waals surface area contributed by atoms with Gasteiger partial charge < -0.3 is 15.3 Å². The highest BCUT2D eigenvalue weighted by atomic mass is 127. The number of halogens is 1. The Morgan fingerprint density at radius 1 is 1.54 bits per heavy atom. The summed E-state index contributed by atoms with van der Waals surface area (Å²) in [5.74, 6) is 0. The molecule has 1 saturated carbocycles. The van der Waals surface area contributed by atoms with Gasteiger partial charge in [0.25, 0.3) is 0 Å². The minimum atomic E-state index is -0.772. The molecule has 0 aromatic rings. The van der Waals surface area contributed by atoms with Crippen molar-refractivity contribution in [1.82, 2.24) is 0 Å². The first kappa shape index (κ1) is 11.7. The van der Waals surface area contributed by atoms with Crippen molar-refractivity contribution in [3.05, 3.63) is 0 Å². The van der Waals surface area contributed by atoms with Gasteiger partial charge in [-0.1, -0.05) is 22.6 Å². The van der Waals surface area contributed by atoms with Crippen LogP contribution in [0.15, 0.2) is 0 Å². The molecule has 78 valence electrons. The molecule has 0 saturated heterocycles. The molecule has 1 fully saturated rings. The van der Waals surface area contributed by atoms with Gasteiger partial charge in [0, 0.05) is 10.3 Å². The Balaban J connectivity index is 2.44. The Kier molecular flexibility index (Phi) is 4.41. The van der Waals surface area contributed by atoms with Crippen molar-refractivity contribution in [1.29, 1.82) is 0 Å². The number of aliphatic hydroxyl groups excluding tert-OH is 2. The van der Waals surface area contributed by atoms with Crippen molar-refractivity contribution in [2.24, 2.45) is 0 Å². The first-order valence-corrected chi connectivity index (χ1v) is 5.96. The average molecular weight is 300 g/mol. The minimum absolute atomic E-state index is 0.256. The van der Waals surface area contributed by atoms with E-state index in [9.17, 15) is 10.2 Å². The third-order valence-corrected chi connectivity index (χ3v) is 3.65. The van der Waals surface area contributed by atoms with Gasteiger partial charge in [0.05, 0.1) is 18.3 Å². The third-order valence-electron chi connectivity index (χ3n) is 2.59. The van der Waals surface area contributed by atoms with Crippen molar-refractivity contribution in [2.75, 3.05) is 6.61 Å². The number of rotatable bonds is 3. The van der Waals surface area contributed by atoms with E-state index < -0.39 is 11.7 Å². The highest BCUT2D eigenvalue weighted by molar-refractivity contribution is 14.1. The van der Waals surface area contributed by atoms with Crippen LogP contribution in [0.1, 0.15) is 32.1 Å². The van der Waals surface area contributed by atoms with E-state index in [1.807, 2.05) is 0 Å². The number of hydrogen-bond acceptors (Lipinski definition) is 3. The fraction of sp³-hybridized carbons (Fsp3) is 1.00. The topological polar surface area (TPSA) is 60.7 Å². The van der Waals surface area contributed by atoms with E-state index in [0.29, 0.717) is 10.3 Å². The second-order valence-electron chi connectivity index (χ2n) is 3.96. The van der Waals surface area contributed by atoms with Crippen molar-refractivity contribution >= 4 is 22.6 Å². The van der Waals surface area contributed by atoms with Crippen LogP contribution in [0, 0.1) is 0 Å². The minimum Gasteiger partial charge on any atom is -0.394 e. The zero-order chi connectivity index (χ0) is 9.90. The van der Waals surface area contributed by atoms with Crippen LogP contribution in [-0.4, -0.2) is 37.6 Å². The molecule has 3 N–H and O–H groups in total. The molecule has 1 aliphatic carbocycles. The highest BCUT2D eigenvalue weighted by Crippen LogP contribution is 2.35. The molecule has 4 heteroatoms. The summed E-state index contributed by atoms with van der Waals surface area (Å²) < 4.78 is 0.502. The largest absolute Gasteiger partial charge is 0.394 e. The lowest BCUT2D eigenvalue weighted by atomic mass is 9.81. The Morgan fingerprint density at radius 2 is 2.23 bits per heavy atom. The van der Waals surface area contributed by atoms with E-state index >= 15 is 0 Å². The highest BCUT2D eigenvalue weighted by Gasteiger charge is 2.34. The van der Waals surface area contributed by atoms with Crippen LogP contribution in [0.3, 0.4) is 0 Å². The number of aliphatic hydroxyl groups is 3. The van der Waals surface area contributed by atoms with E-state index in [1.165, 1.54) is 0 Å². The SMILES string of the molecule is OCC(O)C[C@]1(O)CCCC(I)C1. The Hall–Kier alpha value is 0.610. The monoisotopic (exact) mass is 300 g/mol. The van der Waals surface area contributed by atoms with E-state index in [4.69, 9.17) is 5.11 Å². The molecule has 3 nitrogen and oxygen atoms in total. The fourth-order valence-corrected chi connectivity index (χ4v) is 3.22. The predicted molar refractivity (Wildman–Crippen MR) is 58.9 cm³/mol. The maximum atomic E-state index is 10.1. The number of alkyl halides is 1. The van der Waals surface area contributed by atoms with Gasteiger partial charge in [-0.25, -0.2) is 0 Å². The molecule has 0 spiro atoms. The van der Waals surface area contributed by atoms with Crippen molar-refractivity contribution < 1.29 is 15.3 Å². The molecule has 0 radical (unpaired) electrons. The molecular weight excluding hydrogens is 283 g/mol. The second-order valence-corrected chi connectivity index (χ2v) is 5.72. The second kappa shape index (κ2) is 4.91. The van der Waals surface area contributed by atoms with E-state index in [0.717, 1.165) is 25.7 Å². The molecule has 2 unspecified atom stereocenters. The van der Waals surface area contributed by atoms with Crippen molar-refractivity contribution in [3.8, 4) is 0 Å². The lowest BCUT2D eigenvalue weighted by molar-refractivity contribution is -0.0461. The standard InChI is InChI=1S/C9H17IO3/c10-7-2-1-3-9(13,4-7)5-8(12)6-11/h7-8,11-13H,1-6H2/t7?,8?,9-/m0/s1. The third kappa shape index (κ3) is 3.69. The number of hydrogen-bond donors (Lipinski definition) is 3. The molecule has 0 aliphatic heterocycles. The van der Waals surface area contributed by atoms with Gasteiger partial charge in [0.2, 0.25) is 0 Å². The maximum Gasteiger partial charge on any atom is 0.0798 e. The lowest BCUT2D eigenvalue weighted by Crippen LogP contribution is -2.39. The van der Waals surface area contributed by atoms with Crippen LogP contribution in [0.25, 0.3) is 0 Å². The average Bonchev–Trinajstić information content (AvgIpc) is 2.02. The fourth-order valence-electron chi connectivity index (χ4n) is 1.96. The van der Waals surface area contributed by atoms with E-state index in [2.05, 4.69) is 22.6 Å². The molecular formula is C9H17IO3. The molecule has 0 aromatic carbocycles. The van der Waals surface area contributed by atoms with Crippen LogP contribution >= 0.6 is 22.6 Å². The summed E-state index contributed by atoms with van der Waals surface area (Å²) in [5, 5.41) is 28.0. The zero-order valence-corrected chi connectivity index (χ0v) is 9.77. The van der Waals surface area contributed by atoms with Crippen LogP contribution in [0.5, 0.6) is 0 Å². The summed E-state index contributed by atoms with van der Waals surface area (Å²) in [4.78, 5) is 0. The quantitative estimate of drug-likeness (QED) is 0.535. The van der Waals surface area contributed by atoms with Gasteiger partial charge in [-0.2, -0.15) is 0 Å². The van der Waals surface area contributed by atoms with Crippen molar-refractivity contribution in [3.63, 3.8) is 0 Å². The normalized spacial score (nSPS) is 37.4. The van der Waals surface area contributed by atoms with E-state index in [1.54, 1.807) is 0 Å². The summed E-state index contributed by atoms with van der Waals surface area (Å²) in [7, 11) is 0. The van der Waals surface area contributed by atoms with Gasteiger partial charge in [-0.05, 0) is 25.7 Å². The van der Waals surface area contributed by atoms with Gasteiger partial charge >= 0.3 is 0 Å². The maximum absolute atomic E-state index is 10.1. The molecule has 0 heterocycles. The molecule has 0 aromatic heterocycles. The van der Waals surface area contributed by atoms with Crippen LogP contribution in [-0.2, 0) is 0 Å². The predicted octanol–water partition coefficient (Wildman–Crippen LogP) is 0.838. The molecule has 3 atom stereocenters. The van der Waals surface area contributed by atoms with Gasteiger partial charge in [-0.3, -0.25) is 0 Å². The molecule has 0 amide bonds. The van der Waals surface area contributed by atoms with Gasteiger partial charge in [0.1, 0.15) is 0 Å². The van der Waals surface area contributed by atoms with Crippen LogP contribution < -0.4 is 0 Å². The van der Waals surface area contributed by atoms with Crippen LogP contribution in [0.2, 0.25) is 0 Å². The Bertz CT molecular complexity index is 165. The molecule has 0 bridgehead atoms. The summed E-state index contributed by atoms with van der Waals surface area (Å²) in [6, 6.07) is 0. The summed E-state index contributed by atoms with van der Waals surface area (Å²) in [6.45, 7) is -0.256. The Labute approximate surface area is 92.3 Å². The van der Waals surface area contributed by atoms with E-state index in [-0.39, 0.29) is 6.61 Å². The van der Waals surface area contributed by atoms with Crippen molar-refractivity contribution in [2.45, 2.75) is 47.7 Å². The lowest BCUT2D eigenvalue weighted by Gasteiger charge is -2.35. The molecule has 1 aliphatic rings. The van der Waals surface area contributed by atoms with Crippen LogP contribution in [0.4, 0.5) is 0 Å². The zero-order valence-electron chi connectivity index (χ0n) is 7.62. The van der Waals surface area contributed by atoms with Gasteiger partial charge in [0.15, 0.2) is 0 Å². The summed E-state index contributed by atoms with van der Waals surface area (Å²) in [6.07, 6.45) is 3.20. The summed E-state index contributed by atoms with van der Waals surface area (Å²) in [5.41, 5.74) is -0.744. The molecule has 13 heavy (non-hydrogen) atoms. The molecule has 1 rings (SSSR count). The Morgan fingerprint density at radius 3 is 2.77 bits per heavy atom. The van der Waals surface area contributed by atoms with Gasteiger partial charge in [-0.15, -0.1) is 0 Å². The first-order chi connectivity index (χ1) is 6.06. The first-order valence-electron chi connectivity index (χ1n) is 4.71. The summed E-state index contributed by atoms with van der Waals surface area (Å²) >= 11 is 2.34.